The summed E-state index contributed by atoms with van der Waals surface area (Å²) in [6, 6.07) is 8.64. The summed E-state index contributed by atoms with van der Waals surface area (Å²) in [5, 5.41) is 4.36. The van der Waals surface area contributed by atoms with Crippen LogP contribution in [0.2, 0.25) is 0 Å². The lowest BCUT2D eigenvalue weighted by atomic mass is 10.0. The van der Waals surface area contributed by atoms with Gasteiger partial charge in [0.15, 0.2) is 11.5 Å². The molecule has 2 aromatic heterocycles. The van der Waals surface area contributed by atoms with Crippen molar-refractivity contribution in [2.75, 3.05) is 24.7 Å². The summed E-state index contributed by atoms with van der Waals surface area (Å²) in [4.78, 5) is 11.1. The van der Waals surface area contributed by atoms with Crippen LogP contribution in [-0.2, 0) is 0 Å². The van der Waals surface area contributed by atoms with Gasteiger partial charge in [0.05, 0.1) is 6.04 Å². The van der Waals surface area contributed by atoms with Crippen LogP contribution in [0.4, 0.5) is 5.82 Å². The van der Waals surface area contributed by atoms with Crippen LogP contribution in [-0.4, -0.2) is 39.3 Å². The predicted molar refractivity (Wildman–Crippen MR) is 92.3 cm³/mol. The van der Waals surface area contributed by atoms with Gasteiger partial charge in [0.25, 0.3) is 5.78 Å². The minimum atomic E-state index is 0.282. The molecule has 1 atom stereocenters. The van der Waals surface area contributed by atoms with Gasteiger partial charge in [-0.1, -0.05) is 6.07 Å². The van der Waals surface area contributed by atoms with Crippen molar-refractivity contribution in [2.45, 2.75) is 25.8 Å². The van der Waals surface area contributed by atoms with Gasteiger partial charge in [0.2, 0.25) is 0 Å². The molecule has 2 aliphatic heterocycles. The van der Waals surface area contributed by atoms with E-state index in [4.69, 9.17) is 9.47 Å². The normalized spacial score (nSPS) is 19.6. The summed E-state index contributed by atoms with van der Waals surface area (Å²) in [5.41, 5.74) is 2.19. The van der Waals surface area contributed by atoms with Crippen LogP contribution in [0, 0.1) is 6.92 Å². The monoisotopic (exact) mass is 337 g/mol. The molecule has 5 rings (SSSR count). The molecule has 1 fully saturated rings. The number of rotatable bonds is 2. The molecule has 0 unspecified atom stereocenters. The van der Waals surface area contributed by atoms with Crippen molar-refractivity contribution in [1.29, 1.82) is 0 Å². The van der Waals surface area contributed by atoms with E-state index in [2.05, 4.69) is 38.2 Å². The maximum absolute atomic E-state index is 5.76. The third-order valence-electron chi connectivity index (χ3n) is 4.86. The molecule has 1 saturated heterocycles. The van der Waals surface area contributed by atoms with Crippen LogP contribution in [0.5, 0.6) is 11.5 Å². The van der Waals surface area contributed by atoms with Gasteiger partial charge in [0.1, 0.15) is 25.4 Å². The zero-order valence-corrected chi connectivity index (χ0v) is 14.1. The fourth-order valence-electron chi connectivity index (χ4n) is 3.77. The third-order valence-corrected chi connectivity index (χ3v) is 4.86. The van der Waals surface area contributed by atoms with E-state index in [1.54, 1.807) is 6.33 Å². The number of hydrogen-bond donors (Lipinski definition) is 0. The van der Waals surface area contributed by atoms with E-state index in [1.165, 1.54) is 5.56 Å². The number of benzene rings is 1. The van der Waals surface area contributed by atoms with Gasteiger partial charge in [-0.2, -0.15) is 14.6 Å². The smallest absolute Gasteiger partial charge is 0.254 e. The van der Waals surface area contributed by atoms with Crippen LogP contribution in [0.25, 0.3) is 5.78 Å². The summed E-state index contributed by atoms with van der Waals surface area (Å²) >= 11 is 0. The minimum absolute atomic E-state index is 0.282. The van der Waals surface area contributed by atoms with Gasteiger partial charge in [-0.3, -0.25) is 0 Å². The van der Waals surface area contributed by atoms with Crippen molar-refractivity contribution in [3.05, 3.63) is 41.9 Å². The van der Waals surface area contributed by atoms with Crippen LogP contribution < -0.4 is 14.4 Å². The quantitative estimate of drug-likeness (QED) is 0.716. The fraction of sp³-hybridized carbons (Fsp3) is 0.389. The summed E-state index contributed by atoms with van der Waals surface area (Å²) in [6.45, 7) is 4.20. The number of fused-ring (bicyclic) bond motifs is 2. The minimum Gasteiger partial charge on any atom is -0.486 e. The largest absolute Gasteiger partial charge is 0.486 e. The summed E-state index contributed by atoms with van der Waals surface area (Å²) < 4.78 is 13.2. The zero-order valence-electron chi connectivity index (χ0n) is 14.1. The second kappa shape index (κ2) is 5.61. The maximum atomic E-state index is 5.76. The van der Waals surface area contributed by atoms with E-state index in [-0.39, 0.29) is 6.04 Å². The third kappa shape index (κ3) is 2.38. The number of anilines is 1. The van der Waals surface area contributed by atoms with E-state index in [0.717, 1.165) is 42.4 Å². The molecule has 0 bridgehead atoms. The highest BCUT2D eigenvalue weighted by Gasteiger charge is 2.29. The van der Waals surface area contributed by atoms with Crippen molar-refractivity contribution in [3.8, 4) is 11.5 Å². The zero-order chi connectivity index (χ0) is 16.8. The molecule has 1 aromatic carbocycles. The molecule has 0 radical (unpaired) electrons. The van der Waals surface area contributed by atoms with Crippen molar-refractivity contribution in [2.24, 2.45) is 0 Å². The molecule has 7 nitrogen and oxygen atoms in total. The molecule has 128 valence electrons. The predicted octanol–water partition coefficient (Wildman–Crippen LogP) is 2.55. The molecule has 0 N–H and O–H groups in total. The SMILES string of the molecule is Cc1cc(N2CCC[C@H]2c2ccc3c(c2)OCCO3)n2ncnc2n1. The first-order valence-corrected chi connectivity index (χ1v) is 8.63. The lowest BCUT2D eigenvalue weighted by Crippen LogP contribution is -2.25. The molecular weight excluding hydrogens is 318 g/mol. The second-order valence-corrected chi connectivity index (χ2v) is 6.48. The number of ether oxygens (including phenoxy) is 2. The van der Waals surface area contributed by atoms with E-state index in [0.29, 0.717) is 19.0 Å². The van der Waals surface area contributed by atoms with Crippen molar-refractivity contribution >= 4 is 11.6 Å². The Kier molecular flexibility index (Phi) is 3.26. The topological polar surface area (TPSA) is 64.8 Å². The standard InChI is InChI=1S/C18H19N5O2/c1-12-9-17(23-18(21-12)19-11-20-23)22-6-2-3-14(22)13-4-5-15-16(10-13)25-8-7-24-15/h4-5,9-11,14H,2-3,6-8H2,1H3/t14-/m0/s1. The molecule has 0 amide bonds. The number of aromatic nitrogens is 4. The van der Waals surface area contributed by atoms with Crippen molar-refractivity contribution < 1.29 is 9.47 Å². The van der Waals surface area contributed by atoms with Crippen molar-refractivity contribution in [3.63, 3.8) is 0 Å². The van der Waals surface area contributed by atoms with E-state index in [9.17, 15) is 0 Å². The Morgan fingerprint density at radius 2 is 2.00 bits per heavy atom. The number of aryl methyl sites for hydroxylation is 1. The summed E-state index contributed by atoms with van der Waals surface area (Å²) in [5.74, 6) is 3.35. The van der Waals surface area contributed by atoms with Crippen LogP contribution in [0.1, 0.15) is 30.1 Å². The van der Waals surface area contributed by atoms with Gasteiger partial charge in [-0.15, -0.1) is 0 Å². The first-order valence-electron chi connectivity index (χ1n) is 8.63. The van der Waals surface area contributed by atoms with E-state index < -0.39 is 0 Å². The Balaban J connectivity index is 1.56. The first-order chi connectivity index (χ1) is 12.3. The van der Waals surface area contributed by atoms with E-state index in [1.807, 2.05) is 17.5 Å². The van der Waals surface area contributed by atoms with Crippen molar-refractivity contribution in [1.82, 2.24) is 19.6 Å². The Morgan fingerprint density at radius 1 is 1.12 bits per heavy atom. The number of nitrogens with zero attached hydrogens (tertiary/aromatic N) is 5. The highest BCUT2D eigenvalue weighted by Crippen LogP contribution is 2.40. The van der Waals surface area contributed by atoms with Gasteiger partial charge in [-0.25, -0.2) is 4.98 Å². The lowest BCUT2D eigenvalue weighted by molar-refractivity contribution is 0.171. The van der Waals surface area contributed by atoms with Crippen LogP contribution in [0.3, 0.4) is 0 Å². The van der Waals surface area contributed by atoms with Gasteiger partial charge in [0, 0.05) is 18.3 Å². The molecule has 3 aromatic rings. The Morgan fingerprint density at radius 3 is 2.92 bits per heavy atom. The first kappa shape index (κ1) is 14.5. The average molecular weight is 337 g/mol. The van der Waals surface area contributed by atoms with Crippen LogP contribution >= 0.6 is 0 Å². The number of hydrogen-bond acceptors (Lipinski definition) is 6. The van der Waals surface area contributed by atoms with Gasteiger partial charge in [-0.05, 0) is 37.5 Å². The molecule has 0 saturated carbocycles. The highest BCUT2D eigenvalue weighted by molar-refractivity contribution is 5.52. The molecular formula is C18H19N5O2. The highest BCUT2D eigenvalue weighted by atomic mass is 16.6. The summed E-state index contributed by atoms with van der Waals surface area (Å²) in [6.07, 6.45) is 3.79. The van der Waals surface area contributed by atoms with Gasteiger partial charge >= 0.3 is 0 Å². The van der Waals surface area contributed by atoms with Gasteiger partial charge < -0.3 is 14.4 Å². The Bertz CT molecular complexity index is 938. The average Bonchev–Trinajstić information content (AvgIpc) is 3.29. The summed E-state index contributed by atoms with van der Waals surface area (Å²) in [7, 11) is 0. The maximum Gasteiger partial charge on any atom is 0.254 e. The molecule has 2 aliphatic rings. The van der Waals surface area contributed by atoms with E-state index >= 15 is 0 Å². The molecule has 0 aliphatic carbocycles. The fourth-order valence-corrected chi connectivity index (χ4v) is 3.77. The molecule has 25 heavy (non-hydrogen) atoms. The molecule has 4 heterocycles. The lowest BCUT2D eigenvalue weighted by Gasteiger charge is -2.28. The van der Waals surface area contributed by atoms with Crippen LogP contribution in [0.15, 0.2) is 30.6 Å². The second-order valence-electron chi connectivity index (χ2n) is 6.48. The Hall–Kier alpha value is -2.83. The molecule has 7 heteroatoms. The Labute approximate surface area is 145 Å². The molecule has 0 spiro atoms.